The number of hydrogen-bond acceptors (Lipinski definition) is 8. The first-order chi connectivity index (χ1) is 14.8. The van der Waals surface area contributed by atoms with Gasteiger partial charge in [0.2, 0.25) is 5.71 Å². The van der Waals surface area contributed by atoms with Gasteiger partial charge in [-0.1, -0.05) is 0 Å². The fourth-order valence-electron chi connectivity index (χ4n) is 2.57. The molecule has 2 amide bonds. The molecule has 0 aromatic heterocycles. The molecule has 0 spiro atoms. The lowest BCUT2D eigenvalue weighted by atomic mass is 10.1. The molecule has 9 nitrogen and oxygen atoms in total. The molecule has 0 radical (unpaired) electrons. The SMILES string of the molecule is CCOC(=O)NC(=O)/C(C#N)=N/Nc1cc(C)c(Oc2ccc(OC)c(Br)c2)c(C)c1. The van der Waals surface area contributed by atoms with Crippen LogP contribution in [0, 0.1) is 25.2 Å². The first-order valence-corrected chi connectivity index (χ1v) is 9.92. The van der Waals surface area contributed by atoms with Crippen molar-refractivity contribution < 1.29 is 23.8 Å². The average molecular weight is 489 g/mol. The summed E-state index contributed by atoms with van der Waals surface area (Å²) in [5.74, 6) is 1.01. The van der Waals surface area contributed by atoms with Crippen molar-refractivity contribution in [3.63, 3.8) is 0 Å². The predicted molar refractivity (Wildman–Crippen MR) is 119 cm³/mol. The predicted octanol–water partition coefficient (Wildman–Crippen LogP) is 4.43. The molecule has 31 heavy (non-hydrogen) atoms. The van der Waals surface area contributed by atoms with Crippen LogP contribution in [0.25, 0.3) is 0 Å². The number of hydrogen-bond donors (Lipinski definition) is 2. The Kier molecular flexibility index (Phi) is 8.40. The monoisotopic (exact) mass is 488 g/mol. The molecule has 2 rings (SSSR count). The van der Waals surface area contributed by atoms with E-state index in [0.717, 1.165) is 15.6 Å². The van der Waals surface area contributed by atoms with Crippen LogP contribution in [0.3, 0.4) is 0 Å². The maximum absolute atomic E-state index is 11.9. The lowest BCUT2D eigenvalue weighted by Crippen LogP contribution is -2.36. The maximum atomic E-state index is 11.9. The van der Waals surface area contributed by atoms with E-state index in [1.54, 1.807) is 50.4 Å². The molecular formula is C21H21BrN4O5. The molecule has 0 saturated carbocycles. The van der Waals surface area contributed by atoms with Crippen molar-refractivity contribution in [3.8, 4) is 23.3 Å². The number of imide groups is 1. The van der Waals surface area contributed by atoms with Crippen LogP contribution in [0.4, 0.5) is 10.5 Å². The third kappa shape index (κ3) is 6.45. The van der Waals surface area contributed by atoms with E-state index in [9.17, 15) is 9.59 Å². The Balaban J connectivity index is 2.16. The number of halogens is 1. The number of nitrogens with one attached hydrogen (secondary N) is 2. The van der Waals surface area contributed by atoms with Crippen LogP contribution in [-0.4, -0.2) is 31.4 Å². The third-order valence-corrected chi connectivity index (χ3v) is 4.53. The number of methoxy groups -OCH3 is 1. The molecule has 0 bridgehead atoms. The van der Waals surface area contributed by atoms with Gasteiger partial charge in [-0.05, 0) is 78.2 Å². The number of anilines is 1. The van der Waals surface area contributed by atoms with Crippen molar-refractivity contribution in [2.45, 2.75) is 20.8 Å². The number of nitrogens with zero attached hydrogens (tertiary/aromatic N) is 2. The van der Waals surface area contributed by atoms with Crippen LogP contribution in [0.15, 0.2) is 39.9 Å². The third-order valence-electron chi connectivity index (χ3n) is 3.91. The smallest absolute Gasteiger partial charge is 0.414 e. The van der Waals surface area contributed by atoms with E-state index in [0.29, 0.717) is 22.9 Å². The van der Waals surface area contributed by atoms with Crippen molar-refractivity contribution in [1.82, 2.24) is 5.32 Å². The van der Waals surface area contributed by atoms with Gasteiger partial charge in [-0.15, -0.1) is 0 Å². The lowest BCUT2D eigenvalue weighted by Gasteiger charge is -2.14. The maximum Gasteiger partial charge on any atom is 0.414 e. The first kappa shape index (κ1) is 23.7. The van der Waals surface area contributed by atoms with E-state index in [1.807, 2.05) is 19.2 Å². The van der Waals surface area contributed by atoms with Gasteiger partial charge in [-0.25, -0.2) is 4.79 Å². The van der Waals surface area contributed by atoms with Gasteiger partial charge in [0, 0.05) is 0 Å². The summed E-state index contributed by atoms with van der Waals surface area (Å²) in [4.78, 5) is 23.2. The highest BCUT2D eigenvalue weighted by Gasteiger charge is 2.16. The Bertz CT molecular complexity index is 1040. The molecule has 0 fully saturated rings. The minimum Gasteiger partial charge on any atom is -0.496 e. The van der Waals surface area contributed by atoms with Crippen molar-refractivity contribution >= 4 is 39.3 Å². The number of alkyl carbamates (subject to hydrolysis) is 1. The fraction of sp³-hybridized carbons (Fsp3) is 0.238. The summed E-state index contributed by atoms with van der Waals surface area (Å²) in [5.41, 5.74) is 4.28. The number of amides is 2. The van der Waals surface area contributed by atoms with Gasteiger partial charge in [-0.3, -0.25) is 15.5 Å². The van der Waals surface area contributed by atoms with Crippen molar-refractivity contribution in [2.24, 2.45) is 5.10 Å². The lowest BCUT2D eigenvalue weighted by molar-refractivity contribution is -0.114. The summed E-state index contributed by atoms with van der Waals surface area (Å²) in [6, 6.07) is 10.5. The summed E-state index contributed by atoms with van der Waals surface area (Å²) < 4.78 is 16.6. The van der Waals surface area contributed by atoms with Crippen LogP contribution < -0.4 is 20.2 Å². The molecule has 10 heteroatoms. The number of ether oxygens (including phenoxy) is 3. The van der Waals surface area contributed by atoms with Crippen molar-refractivity contribution in [3.05, 3.63) is 45.9 Å². The standard InChI is InChI=1S/C21H21BrN4O5/c1-5-30-21(28)24-20(27)17(11-23)26-25-14-8-12(2)19(13(3)9-14)31-15-6-7-18(29-4)16(22)10-15/h6-10,25H,5H2,1-4H3,(H,24,27,28)/b26-17+. The molecule has 0 heterocycles. The van der Waals surface area contributed by atoms with E-state index >= 15 is 0 Å². The second kappa shape index (κ2) is 11.0. The highest BCUT2D eigenvalue weighted by molar-refractivity contribution is 9.10. The van der Waals surface area contributed by atoms with E-state index in [2.05, 4.69) is 31.2 Å². The number of aryl methyl sites for hydroxylation is 2. The van der Waals surface area contributed by atoms with Crippen molar-refractivity contribution in [1.29, 1.82) is 5.26 Å². The average Bonchev–Trinajstić information content (AvgIpc) is 2.71. The minimum absolute atomic E-state index is 0.0941. The Labute approximate surface area is 188 Å². The zero-order valence-electron chi connectivity index (χ0n) is 17.4. The van der Waals surface area contributed by atoms with E-state index in [1.165, 1.54) is 0 Å². The Morgan fingerprint density at radius 3 is 2.42 bits per heavy atom. The number of rotatable bonds is 7. The zero-order valence-corrected chi connectivity index (χ0v) is 19.0. The molecule has 0 aliphatic rings. The highest BCUT2D eigenvalue weighted by atomic mass is 79.9. The summed E-state index contributed by atoms with van der Waals surface area (Å²) in [6.07, 6.45) is -0.950. The molecule has 0 saturated heterocycles. The summed E-state index contributed by atoms with van der Waals surface area (Å²) in [7, 11) is 1.58. The molecule has 0 aliphatic heterocycles. The minimum atomic E-state index is -0.966. The van der Waals surface area contributed by atoms with Crippen LogP contribution >= 0.6 is 15.9 Å². The number of benzene rings is 2. The number of nitriles is 1. The summed E-state index contributed by atoms with van der Waals surface area (Å²) in [5, 5.41) is 14.8. The van der Waals surface area contributed by atoms with Gasteiger partial charge in [0.05, 0.1) is 23.9 Å². The second-order valence-electron chi connectivity index (χ2n) is 6.20. The van der Waals surface area contributed by atoms with Crippen LogP contribution in [0.5, 0.6) is 17.2 Å². The van der Waals surface area contributed by atoms with Gasteiger partial charge < -0.3 is 14.2 Å². The van der Waals surface area contributed by atoms with Gasteiger partial charge >= 0.3 is 6.09 Å². The summed E-state index contributed by atoms with van der Waals surface area (Å²) >= 11 is 3.43. The Morgan fingerprint density at radius 2 is 1.87 bits per heavy atom. The zero-order chi connectivity index (χ0) is 23.0. The van der Waals surface area contributed by atoms with Gasteiger partial charge in [0.1, 0.15) is 23.3 Å². The van der Waals surface area contributed by atoms with Crippen LogP contribution in [0.1, 0.15) is 18.1 Å². The van der Waals surface area contributed by atoms with E-state index < -0.39 is 17.7 Å². The molecule has 162 valence electrons. The fourth-order valence-corrected chi connectivity index (χ4v) is 3.09. The summed E-state index contributed by atoms with van der Waals surface area (Å²) in [6.45, 7) is 5.40. The second-order valence-corrected chi connectivity index (χ2v) is 7.05. The molecule has 0 aliphatic carbocycles. The molecule has 2 N–H and O–H groups in total. The number of carbonyl (C=O) groups excluding carboxylic acids is 2. The molecule has 0 unspecified atom stereocenters. The Hall–Kier alpha value is -3.58. The van der Waals surface area contributed by atoms with Crippen LogP contribution in [0.2, 0.25) is 0 Å². The normalized spacial score (nSPS) is 10.6. The molecule has 2 aromatic carbocycles. The van der Waals surface area contributed by atoms with Gasteiger partial charge in [0.15, 0.2) is 0 Å². The van der Waals surface area contributed by atoms with E-state index in [-0.39, 0.29) is 6.61 Å². The van der Waals surface area contributed by atoms with E-state index in [4.69, 9.17) is 14.7 Å². The highest BCUT2D eigenvalue weighted by Crippen LogP contribution is 2.35. The van der Waals surface area contributed by atoms with Gasteiger partial charge in [-0.2, -0.15) is 10.4 Å². The largest absolute Gasteiger partial charge is 0.496 e. The molecule has 0 atom stereocenters. The Morgan fingerprint density at radius 1 is 1.19 bits per heavy atom. The topological polar surface area (TPSA) is 122 Å². The molecular weight excluding hydrogens is 468 g/mol. The van der Waals surface area contributed by atoms with Crippen LogP contribution in [-0.2, 0) is 9.53 Å². The van der Waals surface area contributed by atoms with Crippen molar-refractivity contribution in [2.75, 3.05) is 19.1 Å². The van der Waals surface area contributed by atoms with Gasteiger partial charge in [0.25, 0.3) is 5.91 Å². The first-order valence-electron chi connectivity index (χ1n) is 9.13. The number of carbonyl (C=O) groups is 2. The number of hydrazone groups is 1. The quantitative estimate of drug-likeness (QED) is 0.436. The molecule has 2 aromatic rings.